The Balaban J connectivity index is 1.77. The van der Waals surface area contributed by atoms with Gasteiger partial charge in [0.05, 0.1) is 12.2 Å². The standard InChI is InChI=1S/C16H15FO2/c17-15-11-5-4-10-14(15)16(18)19-12-6-9-13-7-2-1-3-8-13/h1-5,7-8,10-11H,6,9,12H2. The van der Waals surface area contributed by atoms with Crippen LogP contribution in [0.4, 0.5) is 4.39 Å². The Bertz CT molecular complexity index is 537. The molecule has 3 heteroatoms. The van der Waals surface area contributed by atoms with Gasteiger partial charge >= 0.3 is 5.97 Å². The molecule has 0 aliphatic rings. The van der Waals surface area contributed by atoms with Crippen LogP contribution in [-0.2, 0) is 11.2 Å². The summed E-state index contributed by atoms with van der Waals surface area (Å²) in [5.41, 5.74) is 1.19. The van der Waals surface area contributed by atoms with E-state index in [1.54, 1.807) is 12.1 Å². The van der Waals surface area contributed by atoms with Gasteiger partial charge in [-0.1, -0.05) is 42.5 Å². The average molecular weight is 258 g/mol. The summed E-state index contributed by atoms with van der Waals surface area (Å²) in [5, 5.41) is 0. The largest absolute Gasteiger partial charge is 0.462 e. The fourth-order valence-corrected chi connectivity index (χ4v) is 1.79. The number of aryl methyl sites for hydroxylation is 1. The highest BCUT2D eigenvalue weighted by atomic mass is 19.1. The third-order valence-corrected chi connectivity index (χ3v) is 2.78. The first-order valence-electron chi connectivity index (χ1n) is 6.23. The summed E-state index contributed by atoms with van der Waals surface area (Å²) >= 11 is 0. The Kier molecular flexibility index (Phi) is 4.67. The van der Waals surface area contributed by atoms with Crippen LogP contribution in [0.2, 0.25) is 0 Å². The first-order valence-corrected chi connectivity index (χ1v) is 6.23. The van der Waals surface area contributed by atoms with Crippen LogP contribution in [0.15, 0.2) is 54.6 Å². The van der Waals surface area contributed by atoms with Crippen molar-refractivity contribution in [2.45, 2.75) is 12.8 Å². The van der Waals surface area contributed by atoms with Crippen molar-refractivity contribution in [2.24, 2.45) is 0 Å². The van der Waals surface area contributed by atoms with E-state index < -0.39 is 11.8 Å². The predicted molar refractivity (Wildman–Crippen MR) is 71.4 cm³/mol. The Labute approximate surface area is 111 Å². The van der Waals surface area contributed by atoms with Gasteiger partial charge in [0.15, 0.2) is 0 Å². The van der Waals surface area contributed by atoms with E-state index in [1.165, 1.54) is 17.7 Å². The summed E-state index contributed by atoms with van der Waals surface area (Å²) in [5.74, 6) is -1.15. The van der Waals surface area contributed by atoms with Crippen molar-refractivity contribution in [2.75, 3.05) is 6.61 Å². The number of rotatable bonds is 5. The number of halogens is 1. The normalized spacial score (nSPS) is 10.2. The molecule has 0 unspecified atom stereocenters. The number of carbonyl (C=O) groups excluding carboxylic acids is 1. The van der Waals surface area contributed by atoms with Crippen molar-refractivity contribution < 1.29 is 13.9 Å². The highest BCUT2D eigenvalue weighted by molar-refractivity contribution is 5.89. The Morgan fingerprint density at radius 3 is 2.42 bits per heavy atom. The van der Waals surface area contributed by atoms with Crippen molar-refractivity contribution in [3.05, 3.63) is 71.5 Å². The first-order chi connectivity index (χ1) is 9.27. The Hall–Kier alpha value is -2.16. The number of hydrogen-bond acceptors (Lipinski definition) is 2. The zero-order valence-electron chi connectivity index (χ0n) is 10.5. The molecule has 0 saturated heterocycles. The SMILES string of the molecule is O=C(OCCCc1ccccc1)c1ccccc1F. The molecular formula is C16H15FO2. The number of benzene rings is 2. The van der Waals surface area contributed by atoms with Gasteiger partial charge in [0.2, 0.25) is 0 Å². The van der Waals surface area contributed by atoms with Crippen molar-refractivity contribution >= 4 is 5.97 Å². The van der Waals surface area contributed by atoms with Crippen molar-refractivity contribution in [1.29, 1.82) is 0 Å². The van der Waals surface area contributed by atoms with E-state index in [4.69, 9.17) is 4.74 Å². The zero-order chi connectivity index (χ0) is 13.5. The van der Waals surface area contributed by atoms with Gasteiger partial charge in [-0.2, -0.15) is 0 Å². The fraction of sp³-hybridized carbons (Fsp3) is 0.188. The molecule has 98 valence electrons. The van der Waals surface area contributed by atoms with Crippen LogP contribution < -0.4 is 0 Å². The van der Waals surface area contributed by atoms with Crippen LogP contribution >= 0.6 is 0 Å². The molecule has 0 amide bonds. The van der Waals surface area contributed by atoms with Gasteiger partial charge in [0.25, 0.3) is 0 Å². The number of ether oxygens (including phenoxy) is 1. The molecular weight excluding hydrogens is 243 g/mol. The maximum atomic E-state index is 13.3. The molecule has 0 aliphatic heterocycles. The molecule has 2 rings (SSSR count). The van der Waals surface area contributed by atoms with Gasteiger partial charge in [0.1, 0.15) is 5.82 Å². The first kappa shape index (κ1) is 13.3. The molecule has 0 radical (unpaired) electrons. The lowest BCUT2D eigenvalue weighted by atomic mass is 10.1. The van der Waals surface area contributed by atoms with Gasteiger partial charge in [0, 0.05) is 0 Å². The van der Waals surface area contributed by atoms with Crippen LogP contribution in [0.1, 0.15) is 22.3 Å². The Morgan fingerprint density at radius 1 is 1.00 bits per heavy atom. The van der Waals surface area contributed by atoms with Gasteiger partial charge in [-0.05, 0) is 30.5 Å². The van der Waals surface area contributed by atoms with Crippen LogP contribution in [0.5, 0.6) is 0 Å². The highest BCUT2D eigenvalue weighted by Gasteiger charge is 2.11. The maximum Gasteiger partial charge on any atom is 0.341 e. The fourth-order valence-electron chi connectivity index (χ4n) is 1.79. The van der Waals surface area contributed by atoms with E-state index in [0.29, 0.717) is 6.61 Å². The molecule has 2 nitrogen and oxygen atoms in total. The highest BCUT2D eigenvalue weighted by Crippen LogP contribution is 2.09. The molecule has 0 saturated carbocycles. The molecule has 0 heterocycles. The summed E-state index contributed by atoms with van der Waals surface area (Å²) in [6.45, 7) is 0.294. The van der Waals surface area contributed by atoms with E-state index in [0.717, 1.165) is 12.8 Å². The van der Waals surface area contributed by atoms with Crippen molar-refractivity contribution in [1.82, 2.24) is 0 Å². The summed E-state index contributed by atoms with van der Waals surface area (Å²) in [4.78, 5) is 11.6. The van der Waals surface area contributed by atoms with Gasteiger partial charge in [-0.25, -0.2) is 9.18 Å². The summed E-state index contributed by atoms with van der Waals surface area (Å²) in [7, 11) is 0. The van der Waals surface area contributed by atoms with Crippen LogP contribution in [0.3, 0.4) is 0 Å². The number of carbonyl (C=O) groups is 1. The molecule has 0 aromatic heterocycles. The minimum Gasteiger partial charge on any atom is -0.462 e. The predicted octanol–water partition coefficient (Wildman–Crippen LogP) is 3.62. The second-order valence-electron chi connectivity index (χ2n) is 4.20. The zero-order valence-corrected chi connectivity index (χ0v) is 10.5. The second kappa shape index (κ2) is 6.69. The second-order valence-corrected chi connectivity index (χ2v) is 4.20. The maximum absolute atomic E-state index is 13.3. The van der Waals surface area contributed by atoms with Crippen LogP contribution in [0.25, 0.3) is 0 Å². The smallest absolute Gasteiger partial charge is 0.341 e. The third-order valence-electron chi connectivity index (χ3n) is 2.78. The van der Waals surface area contributed by atoms with E-state index in [1.807, 2.05) is 30.3 Å². The molecule has 0 spiro atoms. The van der Waals surface area contributed by atoms with Gasteiger partial charge < -0.3 is 4.74 Å². The summed E-state index contributed by atoms with van der Waals surface area (Å²) in [6, 6.07) is 15.8. The van der Waals surface area contributed by atoms with E-state index in [-0.39, 0.29) is 5.56 Å². The van der Waals surface area contributed by atoms with Gasteiger partial charge in [-0.15, -0.1) is 0 Å². The molecule has 19 heavy (non-hydrogen) atoms. The summed E-state index contributed by atoms with van der Waals surface area (Å²) < 4.78 is 18.4. The molecule has 0 N–H and O–H groups in total. The van der Waals surface area contributed by atoms with E-state index >= 15 is 0 Å². The molecule has 0 aliphatic carbocycles. The van der Waals surface area contributed by atoms with Gasteiger partial charge in [-0.3, -0.25) is 0 Å². The molecule has 2 aromatic rings. The molecule has 0 fully saturated rings. The minimum absolute atomic E-state index is 0.0118. The lowest BCUT2D eigenvalue weighted by molar-refractivity contribution is 0.0495. The average Bonchev–Trinajstić information content (AvgIpc) is 2.45. The topological polar surface area (TPSA) is 26.3 Å². The van der Waals surface area contributed by atoms with Crippen LogP contribution in [0, 0.1) is 5.82 Å². The van der Waals surface area contributed by atoms with Crippen LogP contribution in [-0.4, -0.2) is 12.6 Å². The summed E-state index contributed by atoms with van der Waals surface area (Å²) in [6.07, 6.45) is 1.57. The van der Waals surface area contributed by atoms with Crippen molar-refractivity contribution in [3.63, 3.8) is 0 Å². The molecule has 0 atom stereocenters. The molecule has 0 bridgehead atoms. The number of esters is 1. The lowest BCUT2D eigenvalue weighted by Crippen LogP contribution is -2.09. The van der Waals surface area contributed by atoms with Crippen molar-refractivity contribution in [3.8, 4) is 0 Å². The minimum atomic E-state index is -0.605. The third kappa shape index (κ3) is 3.91. The molecule has 2 aromatic carbocycles. The quantitative estimate of drug-likeness (QED) is 0.605. The number of hydrogen-bond donors (Lipinski definition) is 0. The monoisotopic (exact) mass is 258 g/mol. The van der Waals surface area contributed by atoms with E-state index in [2.05, 4.69) is 0 Å². The lowest BCUT2D eigenvalue weighted by Gasteiger charge is -2.05. The van der Waals surface area contributed by atoms with E-state index in [9.17, 15) is 9.18 Å². The Morgan fingerprint density at radius 2 is 1.68 bits per heavy atom.